The Morgan fingerprint density at radius 1 is 1.37 bits per heavy atom. The van der Waals surface area contributed by atoms with Gasteiger partial charge in [0.1, 0.15) is 17.5 Å². The summed E-state index contributed by atoms with van der Waals surface area (Å²) in [7, 11) is 0. The van der Waals surface area contributed by atoms with E-state index in [-0.39, 0.29) is 18.8 Å². The van der Waals surface area contributed by atoms with Gasteiger partial charge < -0.3 is 10.1 Å². The van der Waals surface area contributed by atoms with E-state index in [1.165, 1.54) is 12.3 Å². The smallest absolute Gasteiger partial charge is 0.415 e. The van der Waals surface area contributed by atoms with Gasteiger partial charge in [-0.3, -0.25) is 20.0 Å². The van der Waals surface area contributed by atoms with Gasteiger partial charge in [-0.15, -0.1) is 0 Å². The molecule has 11 heteroatoms. The molecule has 1 aromatic heterocycles. The van der Waals surface area contributed by atoms with Crippen molar-refractivity contribution in [1.29, 1.82) is 0 Å². The van der Waals surface area contributed by atoms with Crippen LogP contribution in [0.3, 0.4) is 0 Å². The van der Waals surface area contributed by atoms with E-state index in [9.17, 15) is 28.1 Å². The van der Waals surface area contributed by atoms with Crippen molar-refractivity contribution in [2.24, 2.45) is 5.92 Å². The number of halogens is 3. The van der Waals surface area contributed by atoms with Crippen molar-refractivity contribution in [3.63, 3.8) is 0 Å². The van der Waals surface area contributed by atoms with Gasteiger partial charge in [-0.05, 0) is 33.3 Å². The van der Waals surface area contributed by atoms with Crippen LogP contribution in [0, 0.1) is 16.0 Å². The van der Waals surface area contributed by atoms with Crippen LogP contribution in [0.5, 0.6) is 0 Å². The summed E-state index contributed by atoms with van der Waals surface area (Å²) in [6.45, 7) is 4.57. The van der Waals surface area contributed by atoms with Crippen molar-refractivity contribution in [1.82, 2.24) is 10.3 Å². The third-order valence-electron chi connectivity index (χ3n) is 3.98. The number of piperidine rings is 1. The Kier molecular flexibility index (Phi) is 5.93. The predicted molar refractivity (Wildman–Crippen MR) is 90.4 cm³/mol. The quantitative estimate of drug-likeness (QED) is 0.628. The maximum Gasteiger partial charge on any atom is 0.415 e. The number of amides is 1. The predicted octanol–water partition coefficient (Wildman–Crippen LogP) is 3.27. The molecule has 8 nitrogen and oxygen atoms in total. The number of pyridine rings is 1. The van der Waals surface area contributed by atoms with E-state index in [0.717, 1.165) is 11.1 Å². The van der Waals surface area contributed by atoms with Crippen LogP contribution >= 0.6 is 0 Å². The maximum absolute atomic E-state index is 13.2. The molecule has 0 saturated carbocycles. The maximum atomic E-state index is 13.2. The van der Waals surface area contributed by atoms with Crippen molar-refractivity contribution in [3.8, 4) is 0 Å². The molecule has 0 aliphatic carbocycles. The summed E-state index contributed by atoms with van der Waals surface area (Å²) in [5.41, 5.74) is -1.57. The van der Waals surface area contributed by atoms with Gasteiger partial charge >= 0.3 is 18.0 Å². The van der Waals surface area contributed by atoms with E-state index >= 15 is 0 Å². The number of nitro groups is 1. The molecule has 0 radical (unpaired) electrons. The average Bonchev–Trinajstić information content (AvgIpc) is 2.53. The molecule has 1 aromatic rings. The van der Waals surface area contributed by atoms with Crippen LogP contribution in [0.25, 0.3) is 0 Å². The zero-order chi connectivity index (χ0) is 20.4. The number of carbonyl (C=O) groups is 1. The molecule has 1 aliphatic rings. The summed E-state index contributed by atoms with van der Waals surface area (Å²) in [4.78, 5) is 27.9. The second-order valence-corrected chi connectivity index (χ2v) is 7.26. The van der Waals surface area contributed by atoms with E-state index in [2.05, 4.69) is 10.3 Å². The molecule has 27 heavy (non-hydrogen) atoms. The summed E-state index contributed by atoms with van der Waals surface area (Å²) in [6, 6.07) is 0.250. The molecular formula is C16H21F3N4O4. The van der Waals surface area contributed by atoms with Crippen molar-refractivity contribution in [3.05, 3.63) is 28.6 Å². The molecule has 150 valence electrons. The Morgan fingerprint density at radius 3 is 2.59 bits per heavy atom. The molecule has 0 aromatic carbocycles. The van der Waals surface area contributed by atoms with Gasteiger partial charge in [0.05, 0.1) is 16.9 Å². The van der Waals surface area contributed by atoms with Crippen molar-refractivity contribution in [2.75, 3.05) is 18.0 Å². The molecule has 0 spiro atoms. The Morgan fingerprint density at radius 2 is 2.04 bits per heavy atom. The van der Waals surface area contributed by atoms with Crippen LogP contribution < -0.4 is 10.2 Å². The molecule has 1 amide bonds. The molecule has 2 heterocycles. The summed E-state index contributed by atoms with van der Waals surface area (Å²) < 4.78 is 44.8. The number of aromatic nitrogens is 1. The topological polar surface area (TPSA) is 97.6 Å². The fraction of sp³-hybridized carbons (Fsp3) is 0.625. The summed E-state index contributed by atoms with van der Waals surface area (Å²) in [5.74, 6) is -1.68. The molecular weight excluding hydrogens is 369 g/mol. The minimum Gasteiger partial charge on any atom is -0.443 e. The van der Waals surface area contributed by atoms with E-state index in [4.69, 9.17) is 4.74 Å². The van der Waals surface area contributed by atoms with Crippen LogP contribution in [0.15, 0.2) is 18.5 Å². The molecule has 1 aliphatic heterocycles. The Balaban J connectivity index is 2.45. The lowest BCUT2D eigenvalue weighted by Crippen LogP contribution is -2.55. The van der Waals surface area contributed by atoms with E-state index < -0.39 is 46.9 Å². The standard InChI is InChI=1S/C16H21F3N4O4/c1-15(2,3)27-14(24)22(12-4-5-20-9-13(12)23(25)26)11-6-10(7-21-8-11)16(17,18)19/h4-5,9-11,21H,6-8H2,1-3H3. The Hall–Kier alpha value is -2.43. The minimum absolute atomic E-state index is 0.0469. The monoisotopic (exact) mass is 390 g/mol. The lowest BCUT2D eigenvalue weighted by molar-refractivity contribution is -0.384. The molecule has 1 saturated heterocycles. The average molecular weight is 390 g/mol. The second kappa shape index (κ2) is 7.67. The van der Waals surface area contributed by atoms with Crippen molar-refractivity contribution >= 4 is 17.5 Å². The molecule has 2 rings (SSSR count). The van der Waals surface area contributed by atoms with Crippen LogP contribution in [0.2, 0.25) is 0 Å². The van der Waals surface area contributed by atoms with Crippen molar-refractivity contribution in [2.45, 2.75) is 45.0 Å². The highest BCUT2D eigenvalue weighted by atomic mass is 19.4. The highest BCUT2D eigenvalue weighted by Crippen LogP contribution is 2.36. The fourth-order valence-corrected chi connectivity index (χ4v) is 2.84. The zero-order valence-corrected chi connectivity index (χ0v) is 15.1. The number of ether oxygens (including phenoxy) is 1. The Bertz CT molecular complexity index is 706. The SMILES string of the molecule is CC(C)(C)OC(=O)N(c1ccncc1[N+](=O)[O-])C1CNCC(C(F)(F)F)C1. The van der Waals surface area contributed by atoms with Crippen molar-refractivity contribution < 1.29 is 27.6 Å². The Labute approximate surface area is 153 Å². The van der Waals surface area contributed by atoms with E-state index in [0.29, 0.717) is 0 Å². The van der Waals surface area contributed by atoms with E-state index in [1.54, 1.807) is 20.8 Å². The summed E-state index contributed by atoms with van der Waals surface area (Å²) >= 11 is 0. The van der Waals surface area contributed by atoms with Crippen LogP contribution in [-0.2, 0) is 4.74 Å². The summed E-state index contributed by atoms with van der Waals surface area (Å²) in [5, 5.41) is 14.0. The molecule has 0 bridgehead atoms. The minimum atomic E-state index is -4.45. The molecule has 1 N–H and O–H groups in total. The largest absolute Gasteiger partial charge is 0.443 e. The van der Waals surface area contributed by atoms with Gasteiger partial charge in [0.15, 0.2) is 0 Å². The third-order valence-corrected chi connectivity index (χ3v) is 3.98. The first-order valence-corrected chi connectivity index (χ1v) is 8.28. The first-order valence-electron chi connectivity index (χ1n) is 8.28. The number of hydrogen-bond acceptors (Lipinski definition) is 6. The fourth-order valence-electron chi connectivity index (χ4n) is 2.84. The highest BCUT2D eigenvalue weighted by molar-refractivity contribution is 5.91. The third kappa shape index (κ3) is 5.28. The van der Waals surface area contributed by atoms with Gasteiger partial charge in [-0.25, -0.2) is 4.79 Å². The van der Waals surface area contributed by atoms with Gasteiger partial charge in [0.2, 0.25) is 0 Å². The van der Waals surface area contributed by atoms with Crippen LogP contribution in [0.4, 0.5) is 29.3 Å². The number of anilines is 1. The number of hydrogen-bond donors (Lipinski definition) is 1. The zero-order valence-electron chi connectivity index (χ0n) is 15.1. The van der Waals surface area contributed by atoms with Gasteiger partial charge in [-0.1, -0.05) is 0 Å². The van der Waals surface area contributed by atoms with E-state index in [1.807, 2.05) is 0 Å². The normalized spacial score (nSPS) is 20.8. The van der Waals surface area contributed by atoms with Gasteiger partial charge in [0, 0.05) is 19.3 Å². The molecule has 2 unspecified atom stereocenters. The number of alkyl halides is 3. The first kappa shape index (κ1) is 20.9. The number of nitrogens with one attached hydrogen (secondary N) is 1. The molecule has 2 atom stereocenters. The van der Waals surface area contributed by atoms with Crippen LogP contribution in [-0.4, -0.2) is 46.9 Å². The number of carbonyl (C=O) groups excluding carboxylic acids is 1. The van der Waals surface area contributed by atoms with Gasteiger partial charge in [-0.2, -0.15) is 13.2 Å². The number of rotatable bonds is 3. The van der Waals surface area contributed by atoms with Gasteiger partial charge in [0.25, 0.3) is 0 Å². The summed E-state index contributed by atoms with van der Waals surface area (Å²) in [6.07, 6.45) is -3.61. The lowest BCUT2D eigenvalue weighted by atomic mass is 9.94. The second-order valence-electron chi connectivity index (χ2n) is 7.26. The van der Waals surface area contributed by atoms with Crippen LogP contribution in [0.1, 0.15) is 27.2 Å². The number of nitrogens with zero attached hydrogens (tertiary/aromatic N) is 3. The lowest BCUT2D eigenvalue weighted by Gasteiger charge is -2.38. The highest BCUT2D eigenvalue weighted by Gasteiger charge is 2.45. The first-order chi connectivity index (χ1) is 12.4. The molecule has 1 fully saturated rings.